The molecule has 1 heterocycles. The molecule has 0 bridgehead atoms. The Labute approximate surface area is 129 Å². The van der Waals surface area contributed by atoms with Crippen molar-refractivity contribution in [3.8, 4) is 0 Å². The van der Waals surface area contributed by atoms with Crippen molar-refractivity contribution in [2.75, 3.05) is 18.4 Å². The Balaban J connectivity index is 1.64. The number of carbonyl (C=O) groups is 3. The van der Waals surface area contributed by atoms with Crippen molar-refractivity contribution in [2.24, 2.45) is 0 Å². The van der Waals surface area contributed by atoms with Gasteiger partial charge in [-0.25, -0.2) is 4.79 Å². The molecule has 0 spiro atoms. The van der Waals surface area contributed by atoms with Crippen LogP contribution in [0.25, 0.3) is 0 Å². The number of rotatable bonds is 4. The maximum atomic E-state index is 12.1. The first kappa shape index (κ1) is 14.6. The molecule has 1 N–H and O–H groups in total. The zero-order valence-electron chi connectivity index (χ0n) is 12.8. The highest BCUT2D eigenvalue weighted by atomic mass is 16.2. The van der Waals surface area contributed by atoms with Gasteiger partial charge in [0.1, 0.15) is 13.1 Å². The lowest BCUT2D eigenvalue weighted by Crippen LogP contribution is -2.39. The molecule has 0 aromatic heterocycles. The summed E-state index contributed by atoms with van der Waals surface area (Å²) in [5, 5.41) is 2.76. The first-order valence-electron chi connectivity index (χ1n) is 7.44. The van der Waals surface area contributed by atoms with Crippen molar-refractivity contribution >= 4 is 23.5 Å². The summed E-state index contributed by atoms with van der Waals surface area (Å²) in [6.07, 6.45) is 1.89. The van der Waals surface area contributed by atoms with Gasteiger partial charge >= 0.3 is 6.03 Å². The summed E-state index contributed by atoms with van der Waals surface area (Å²) in [5.74, 6) is -0.654. The fraction of sp³-hybridized carbons (Fsp3) is 0.438. The van der Waals surface area contributed by atoms with Gasteiger partial charge in [-0.1, -0.05) is 17.7 Å². The minimum Gasteiger partial charge on any atom is -0.324 e. The first-order valence-corrected chi connectivity index (χ1v) is 7.44. The van der Waals surface area contributed by atoms with E-state index in [0.717, 1.165) is 28.9 Å². The second-order valence-electron chi connectivity index (χ2n) is 5.99. The standard InChI is InChI=1S/C16H19N3O3/c1-10-3-6-13(11(2)7-10)17-14(20)8-19-15(21)9-18(16(19)22)12-4-5-12/h3,6-7,12H,4-5,8-9H2,1-2H3,(H,17,20). The topological polar surface area (TPSA) is 69.7 Å². The molecule has 1 aliphatic heterocycles. The monoisotopic (exact) mass is 301 g/mol. The molecule has 4 amide bonds. The van der Waals surface area contributed by atoms with E-state index in [-0.39, 0.29) is 37.0 Å². The third-order valence-corrected chi connectivity index (χ3v) is 4.03. The van der Waals surface area contributed by atoms with Crippen molar-refractivity contribution in [2.45, 2.75) is 32.7 Å². The van der Waals surface area contributed by atoms with Crippen molar-refractivity contribution in [3.63, 3.8) is 0 Å². The minimum absolute atomic E-state index is 0.0976. The van der Waals surface area contributed by atoms with Gasteiger partial charge in [0, 0.05) is 11.7 Å². The molecule has 3 rings (SSSR count). The number of hydrogen-bond donors (Lipinski definition) is 1. The number of urea groups is 1. The first-order chi connectivity index (χ1) is 10.5. The Morgan fingerprint density at radius 3 is 2.64 bits per heavy atom. The minimum atomic E-state index is -0.355. The van der Waals surface area contributed by atoms with Crippen molar-refractivity contribution in [1.82, 2.24) is 9.80 Å². The van der Waals surface area contributed by atoms with Gasteiger partial charge in [-0.05, 0) is 38.3 Å². The summed E-state index contributed by atoms with van der Waals surface area (Å²) in [4.78, 5) is 38.8. The highest BCUT2D eigenvalue weighted by Gasteiger charge is 2.44. The molecule has 0 radical (unpaired) electrons. The van der Waals surface area contributed by atoms with Gasteiger partial charge in [0.15, 0.2) is 0 Å². The number of amides is 4. The summed E-state index contributed by atoms with van der Waals surface area (Å²) < 4.78 is 0. The summed E-state index contributed by atoms with van der Waals surface area (Å²) in [6, 6.07) is 5.54. The van der Waals surface area contributed by atoms with Crippen LogP contribution in [0.15, 0.2) is 18.2 Å². The molecule has 1 saturated carbocycles. The van der Waals surface area contributed by atoms with E-state index in [4.69, 9.17) is 0 Å². The Hall–Kier alpha value is -2.37. The molecule has 6 heteroatoms. The fourth-order valence-electron chi connectivity index (χ4n) is 2.67. The van der Waals surface area contributed by atoms with E-state index in [1.165, 1.54) is 0 Å². The SMILES string of the molecule is Cc1ccc(NC(=O)CN2C(=O)CN(C3CC3)C2=O)c(C)c1. The smallest absolute Gasteiger partial charge is 0.324 e. The average molecular weight is 301 g/mol. The van der Waals surface area contributed by atoms with E-state index < -0.39 is 0 Å². The van der Waals surface area contributed by atoms with Gasteiger partial charge in [-0.3, -0.25) is 14.5 Å². The third kappa shape index (κ3) is 2.81. The number of imide groups is 1. The summed E-state index contributed by atoms with van der Waals surface area (Å²) in [6.45, 7) is 3.75. The van der Waals surface area contributed by atoms with Crippen LogP contribution in [0.4, 0.5) is 10.5 Å². The van der Waals surface area contributed by atoms with Crippen molar-refractivity contribution in [1.29, 1.82) is 0 Å². The van der Waals surface area contributed by atoms with Crippen LogP contribution in [0.2, 0.25) is 0 Å². The lowest BCUT2D eigenvalue weighted by atomic mass is 10.1. The third-order valence-electron chi connectivity index (χ3n) is 4.03. The predicted octanol–water partition coefficient (Wildman–Crippen LogP) is 1.67. The lowest BCUT2D eigenvalue weighted by Gasteiger charge is -2.16. The van der Waals surface area contributed by atoms with E-state index in [2.05, 4.69) is 5.32 Å². The molecule has 1 aromatic carbocycles. The maximum Gasteiger partial charge on any atom is 0.327 e. The van der Waals surface area contributed by atoms with Crippen LogP contribution < -0.4 is 5.32 Å². The highest BCUT2D eigenvalue weighted by Crippen LogP contribution is 2.30. The van der Waals surface area contributed by atoms with E-state index in [9.17, 15) is 14.4 Å². The molecule has 0 unspecified atom stereocenters. The Morgan fingerprint density at radius 2 is 2.00 bits per heavy atom. The van der Waals surface area contributed by atoms with Crippen LogP contribution in [0, 0.1) is 13.8 Å². The van der Waals surface area contributed by atoms with Gasteiger partial charge in [0.05, 0.1) is 0 Å². The lowest BCUT2D eigenvalue weighted by molar-refractivity contribution is -0.129. The second kappa shape index (κ2) is 5.44. The Morgan fingerprint density at radius 1 is 1.27 bits per heavy atom. The molecule has 1 saturated heterocycles. The van der Waals surface area contributed by atoms with E-state index in [1.54, 1.807) is 4.90 Å². The molecule has 2 fully saturated rings. The van der Waals surface area contributed by atoms with Gasteiger partial charge in [-0.2, -0.15) is 0 Å². The van der Waals surface area contributed by atoms with E-state index in [1.807, 2.05) is 32.0 Å². The van der Waals surface area contributed by atoms with Crippen LogP contribution in [0.1, 0.15) is 24.0 Å². The highest BCUT2D eigenvalue weighted by molar-refractivity contribution is 6.06. The van der Waals surface area contributed by atoms with Crippen LogP contribution >= 0.6 is 0 Å². The van der Waals surface area contributed by atoms with Crippen molar-refractivity contribution in [3.05, 3.63) is 29.3 Å². The number of aryl methyl sites for hydroxylation is 2. The van der Waals surface area contributed by atoms with Gasteiger partial charge in [0.25, 0.3) is 5.91 Å². The number of nitrogens with one attached hydrogen (secondary N) is 1. The molecule has 116 valence electrons. The largest absolute Gasteiger partial charge is 0.327 e. The Kier molecular flexibility index (Phi) is 3.60. The molecule has 6 nitrogen and oxygen atoms in total. The zero-order valence-corrected chi connectivity index (χ0v) is 12.8. The maximum absolute atomic E-state index is 12.1. The molecule has 22 heavy (non-hydrogen) atoms. The summed E-state index contributed by atoms with van der Waals surface area (Å²) in [7, 11) is 0. The summed E-state index contributed by atoms with van der Waals surface area (Å²) in [5.41, 5.74) is 2.77. The van der Waals surface area contributed by atoms with E-state index >= 15 is 0 Å². The number of anilines is 1. The number of hydrogen-bond acceptors (Lipinski definition) is 3. The van der Waals surface area contributed by atoms with Crippen LogP contribution in [0.5, 0.6) is 0 Å². The quantitative estimate of drug-likeness (QED) is 0.860. The number of carbonyl (C=O) groups excluding carboxylic acids is 3. The molecular weight excluding hydrogens is 282 g/mol. The van der Waals surface area contributed by atoms with Crippen LogP contribution in [-0.2, 0) is 9.59 Å². The van der Waals surface area contributed by atoms with Crippen LogP contribution in [-0.4, -0.2) is 46.8 Å². The van der Waals surface area contributed by atoms with Gasteiger partial charge in [0.2, 0.25) is 5.91 Å². The van der Waals surface area contributed by atoms with E-state index in [0.29, 0.717) is 5.69 Å². The Bertz CT molecular complexity index is 652. The zero-order chi connectivity index (χ0) is 15.9. The summed E-state index contributed by atoms with van der Waals surface area (Å²) >= 11 is 0. The molecule has 1 aliphatic carbocycles. The predicted molar refractivity (Wildman–Crippen MR) is 81.4 cm³/mol. The molecule has 0 atom stereocenters. The normalized spacial score (nSPS) is 18.1. The molecular formula is C16H19N3O3. The fourth-order valence-corrected chi connectivity index (χ4v) is 2.67. The van der Waals surface area contributed by atoms with Crippen LogP contribution in [0.3, 0.4) is 0 Å². The number of nitrogens with zero attached hydrogens (tertiary/aromatic N) is 2. The van der Waals surface area contributed by atoms with Gasteiger partial charge in [-0.15, -0.1) is 0 Å². The van der Waals surface area contributed by atoms with Crippen molar-refractivity contribution < 1.29 is 14.4 Å². The number of benzene rings is 1. The second-order valence-corrected chi connectivity index (χ2v) is 5.99. The average Bonchev–Trinajstić information content (AvgIpc) is 3.25. The molecule has 2 aliphatic rings. The van der Waals surface area contributed by atoms with Gasteiger partial charge < -0.3 is 10.2 Å². The molecule has 1 aromatic rings.